The van der Waals surface area contributed by atoms with Crippen molar-refractivity contribution in [1.29, 1.82) is 0 Å². The number of carbonyl (C=O) groups is 1. The Balaban J connectivity index is 0.00000132. The molecule has 8 heteroatoms. The summed E-state index contributed by atoms with van der Waals surface area (Å²) in [6.07, 6.45) is -0.947. The molecule has 1 aliphatic rings. The van der Waals surface area contributed by atoms with Crippen LogP contribution >= 0.6 is 0 Å². The molecule has 31 heavy (non-hydrogen) atoms. The minimum Gasteiger partial charge on any atom is -0.463 e. The smallest absolute Gasteiger partial charge is 0.293 e. The molecule has 3 N–H and O–H groups in total. The van der Waals surface area contributed by atoms with Crippen LogP contribution in [0.3, 0.4) is 0 Å². The Bertz CT molecular complexity index is 1220. The van der Waals surface area contributed by atoms with Gasteiger partial charge in [0, 0.05) is 23.6 Å². The third-order valence-corrected chi connectivity index (χ3v) is 5.43. The van der Waals surface area contributed by atoms with Crippen molar-refractivity contribution in [2.24, 2.45) is 5.73 Å². The van der Waals surface area contributed by atoms with Gasteiger partial charge in [-0.25, -0.2) is 9.37 Å². The highest BCUT2D eigenvalue weighted by molar-refractivity contribution is 5.88. The maximum Gasteiger partial charge on any atom is 0.293 e. The Morgan fingerprint density at radius 2 is 2.03 bits per heavy atom. The lowest BCUT2D eigenvalue weighted by Crippen LogP contribution is -2.26. The normalized spacial score (nSPS) is 12.6. The van der Waals surface area contributed by atoms with Crippen LogP contribution in [0.4, 0.5) is 4.39 Å². The molecule has 0 spiro atoms. The average molecular weight is 427 g/mol. The number of ether oxygens (including phenoxy) is 1. The summed E-state index contributed by atoms with van der Waals surface area (Å²) in [6.45, 7) is 7.70. The minimum absolute atomic E-state index is 0.208. The van der Waals surface area contributed by atoms with E-state index in [1.54, 1.807) is 19.1 Å². The van der Waals surface area contributed by atoms with Gasteiger partial charge in [0.2, 0.25) is 0 Å². The Morgan fingerprint density at radius 1 is 1.32 bits per heavy atom. The highest BCUT2D eigenvalue weighted by Crippen LogP contribution is 2.37. The molecule has 0 amide bonds. The van der Waals surface area contributed by atoms with E-state index in [1.807, 2.05) is 13.8 Å². The second-order valence-corrected chi connectivity index (χ2v) is 7.18. The Kier molecular flexibility index (Phi) is 6.52. The summed E-state index contributed by atoms with van der Waals surface area (Å²) in [5, 5.41) is 10.9. The number of aromatic nitrogens is 2. The maximum absolute atomic E-state index is 14.1. The van der Waals surface area contributed by atoms with Gasteiger partial charge in [-0.1, -0.05) is 13.8 Å². The molecule has 0 bridgehead atoms. The van der Waals surface area contributed by atoms with E-state index in [9.17, 15) is 19.1 Å². The van der Waals surface area contributed by atoms with E-state index < -0.39 is 6.10 Å². The molecule has 0 aliphatic carbocycles. The molecule has 3 heterocycles. The fourth-order valence-electron chi connectivity index (χ4n) is 3.97. The molecule has 3 aromatic rings. The fourth-order valence-corrected chi connectivity index (χ4v) is 3.97. The summed E-state index contributed by atoms with van der Waals surface area (Å²) in [7, 11) is 0. The molecule has 2 aromatic heterocycles. The Labute approximate surface area is 179 Å². The largest absolute Gasteiger partial charge is 0.463 e. The number of carbonyl (C=O) groups excluding carboxylic acids is 1. The van der Waals surface area contributed by atoms with Crippen LogP contribution in [-0.4, -0.2) is 21.1 Å². The van der Waals surface area contributed by atoms with Crippen molar-refractivity contribution in [2.45, 2.75) is 53.5 Å². The first-order valence-electron chi connectivity index (χ1n) is 10.2. The standard InChI is InChI=1S/C21H20FN3O4.C2H6/c1-10-3-13-14(6-23)15-7-25-19(20(15)24-18(13)5-17(10)22)4-12(11(2)27)16(21(25)28)8-29-9-26;1-2/h3-5,9,11,27H,6-8,23H2,1-2H3;1-2H3. The predicted octanol–water partition coefficient (Wildman–Crippen LogP) is 3.08. The van der Waals surface area contributed by atoms with Gasteiger partial charge in [0.1, 0.15) is 12.4 Å². The quantitative estimate of drug-likeness (QED) is 0.474. The van der Waals surface area contributed by atoms with Crippen LogP contribution < -0.4 is 11.3 Å². The van der Waals surface area contributed by atoms with Crippen molar-refractivity contribution in [1.82, 2.24) is 9.55 Å². The summed E-state index contributed by atoms with van der Waals surface area (Å²) in [4.78, 5) is 28.3. The summed E-state index contributed by atoms with van der Waals surface area (Å²) >= 11 is 0. The molecule has 7 nitrogen and oxygen atoms in total. The number of pyridine rings is 2. The van der Waals surface area contributed by atoms with Gasteiger partial charge in [0.25, 0.3) is 12.0 Å². The average Bonchev–Trinajstić information content (AvgIpc) is 3.12. The number of nitrogens with two attached hydrogens (primary N) is 1. The second kappa shape index (κ2) is 8.95. The first-order chi connectivity index (χ1) is 14.9. The molecular formula is C23H26FN3O4. The molecule has 164 valence electrons. The number of hydrogen-bond acceptors (Lipinski definition) is 6. The van der Waals surface area contributed by atoms with Gasteiger partial charge in [0.05, 0.1) is 35.1 Å². The SMILES string of the molecule is CC.Cc1cc2c(CN)c3c(nc2cc1F)-c1cc(C(C)O)c(COC=O)c(=O)n1C3. The summed E-state index contributed by atoms with van der Waals surface area (Å²) in [5.41, 5.74) is 9.85. The number of aliphatic hydroxyl groups is 1. The van der Waals surface area contributed by atoms with Gasteiger partial charge in [-0.3, -0.25) is 9.59 Å². The molecule has 1 atom stereocenters. The van der Waals surface area contributed by atoms with Crippen LogP contribution in [-0.2, 0) is 29.2 Å². The molecule has 0 saturated carbocycles. The Hall–Kier alpha value is -3.10. The number of aryl methyl sites for hydroxylation is 1. The van der Waals surface area contributed by atoms with Crippen molar-refractivity contribution >= 4 is 17.4 Å². The predicted molar refractivity (Wildman–Crippen MR) is 116 cm³/mol. The van der Waals surface area contributed by atoms with E-state index in [1.165, 1.54) is 17.6 Å². The van der Waals surface area contributed by atoms with Crippen LogP contribution in [0.1, 0.15) is 54.7 Å². The monoisotopic (exact) mass is 427 g/mol. The third-order valence-electron chi connectivity index (χ3n) is 5.43. The topological polar surface area (TPSA) is 107 Å². The van der Waals surface area contributed by atoms with Crippen LogP contribution in [0.25, 0.3) is 22.3 Å². The zero-order chi connectivity index (χ0) is 22.9. The highest BCUT2D eigenvalue weighted by Gasteiger charge is 2.29. The summed E-state index contributed by atoms with van der Waals surface area (Å²) in [5.74, 6) is -0.366. The van der Waals surface area contributed by atoms with Crippen molar-refractivity contribution in [3.05, 3.63) is 62.2 Å². The molecule has 4 rings (SSSR count). The molecular weight excluding hydrogens is 401 g/mol. The number of hydrogen-bond donors (Lipinski definition) is 2. The molecule has 1 aliphatic heterocycles. The minimum atomic E-state index is -0.947. The van der Waals surface area contributed by atoms with Crippen molar-refractivity contribution < 1.29 is 19.0 Å². The van der Waals surface area contributed by atoms with E-state index in [-0.39, 0.29) is 43.1 Å². The molecule has 0 radical (unpaired) electrons. The van der Waals surface area contributed by atoms with Crippen molar-refractivity contribution in [3.63, 3.8) is 0 Å². The number of rotatable bonds is 5. The number of aliphatic hydroxyl groups excluding tert-OH is 1. The molecule has 1 aromatic carbocycles. The highest BCUT2D eigenvalue weighted by atomic mass is 19.1. The van der Waals surface area contributed by atoms with Crippen LogP contribution in [0.2, 0.25) is 0 Å². The van der Waals surface area contributed by atoms with Gasteiger partial charge in [-0.05, 0) is 42.7 Å². The van der Waals surface area contributed by atoms with Gasteiger partial charge in [-0.15, -0.1) is 0 Å². The fraction of sp³-hybridized carbons (Fsp3) is 0.348. The molecule has 0 saturated heterocycles. The van der Waals surface area contributed by atoms with Crippen LogP contribution in [0.5, 0.6) is 0 Å². The molecule has 0 fully saturated rings. The van der Waals surface area contributed by atoms with Crippen molar-refractivity contribution in [3.8, 4) is 11.4 Å². The lowest BCUT2D eigenvalue weighted by atomic mass is 9.98. The van der Waals surface area contributed by atoms with E-state index in [2.05, 4.69) is 4.98 Å². The summed E-state index contributed by atoms with van der Waals surface area (Å²) < 4.78 is 20.4. The first-order valence-corrected chi connectivity index (χ1v) is 10.2. The summed E-state index contributed by atoms with van der Waals surface area (Å²) in [6, 6.07) is 4.76. The van der Waals surface area contributed by atoms with E-state index in [0.717, 1.165) is 16.5 Å². The van der Waals surface area contributed by atoms with Gasteiger partial charge in [-0.2, -0.15) is 0 Å². The van der Waals surface area contributed by atoms with E-state index >= 15 is 0 Å². The number of fused-ring (bicyclic) bond motifs is 4. The molecule has 1 unspecified atom stereocenters. The Morgan fingerprint density at radius 3 is 2.65 bits per heavy atom. The zero-order valence-corrected chi connectivity index (χ0v) is 18.0. The third kappa shape index (κ3) is 3.73. The van der Waals surface area contributed by atoms with Gasteiger partial charge in [0.15, 0.2) is 0 Å². The maximum atomic E-state index is 14.1. The lowest BCUT2D eigenvalue weighted by molar-refractivity contribution is -0.129. The van der Waals surface area contributed by atoms with Crippen LogP contribution in [0, 0.1) is 12.7 Å². The number of halogens is 1. The van der Waals surface area contributed by atoms with Gasteiger partial charge >= 0.3 is 0 Å². The lowest BCUT2D eigenvalue weighted by Gasteiger charge is -2.14. The van der Waals surface area contributed by atoms with Gasteiger partial charge < -0.3 is 20.1 Å². The van der Waals surface area contributed by atoms with Crippen LogP contribution in [0.15, 0.2) is 23.0 Å². The number of nitrogens with zero attached hydrogens (tertiary/aromatic N) is 2. The first kappa shape index (κ1) is 22.6. The second-order valence-electron chi connectivity index (χ2n) is 7.18. The van der Waals surface area contributed by atoms with E-state index in [4.69, 9.17) is 10.5 Å². The zero-order valence-electron chi connectivity index (χ0n) is 18.0. The number of benzene rings is 1. The van der Waals surface area contributed by atoms with Crippen molar-refractivity contribution in [2.75, 3.05) is 0 Å². The van der Waals surface area contributed by atoms with E-state index in [0.29, 0.717) is 28.0 Å².